The maximum Gasteiger partial charge on any atom is 0.317 e. The number of urea groups is 1. The van der Waals surface area contributed by atoms with Crippen molar-refractivity contribution in [2.45, 2.75) is 95.6 Å². The van der Waals surface area contributed by atoms with Crippen LogP contribution in [0.2, 0.25) is 0 Å². The summed E-state index contributed by atoms with van der Waals surface area (Å²) in [5.41, 5.74) is 4.46. The number of allylic oxidation sites excluding steroid dienone is 2. The van der Waals surface area contributed by atoms with Gasteiger partial charge in [-0.15, -0.1) is 0 Å². The lowest BCUT2D eigenvalue weighted by Gasteiger charge is -2.54. The number of aliphatic imine (C=N–C) groups is 1. The van der Waals surface area contributed by atoms with E-state index in [4.69, 9.17) is 4.99 Å². The largest absolute Gasteiger partial charge is 0.347 e. The summed E-state index contributed by atoms with van der Waals surface area (Å²) in [6, 6.07) is 0.300. The number of rotatable bonds is 4. The number of nitrogens with zero attached hydrogens (tertiary/aromatic N) is 2. The monoisotopic (exact) mass is 492 g/mol. The van der Waals surface area contributed by atoms with E-state index >= 15 is 0 Å². The van der Waals surface area contributed by atoms with Gasteiger partial charge in [0.05, 0.1) is 6.54 Å². The van der Waals surface area contributed by atoms with Crippen LogP contribution in [0.3, 0.4) is 0 Å². The number of nitrogens with one attached hydrogen (secondary N) is 2. The van der Waals surface area contributed by atoms with Gasteiger partial charge < -0.3 is 15.5 Å². The molecule has 5 saturated carbocycles. The highest BCUT2D eigenvalue weighted by molar-refractivity contribution is 6.45. The Balaban J connectivity index is 1.24. The quantitative estimate of drug-likeness (QED) is 0.579. The maximum absolute atomic E-state index is 13.9. The minimum atomic E-state index is -0.0624. The third-order valence-electron chi connectivity index (χ3n) is 10.3. The molecule has 1 aliphatic heterocycles. The Morgan fingerprint density at radius 2 is 1.61 bits per heavy atom. The predicted molar refractivity (Wildman–Crippen MR) is 143 cm³/mol. The second kappa shape index (κ2) is 9.98. The van der Waals surface area contributed by atoms with Crippen molar-refractivity contribution in [1.82, 2.24) is 15.5 Å². The van der Waals surface area contributed by atoms with Gasteiger partial charge in [-0.3, -0.25) is 9.79 Å². The van der Waals surface area contributed by atoms with Crippen LogP contribution in [-0.2, 0) is 4.79 Å². The lowest BCUT2D eigenvalue weighted by Crippen LogP contribution is -2.57. The molecule has 36 heavy (non-hydrogen) atoms. The number of amides is 3. The Morgan fingerprint density at radius 1 is 0.917 bits per heavy atom. The van der Waals surface area contributed by atoms with Crippen LogP contribution in [-0.4, -0.2) is 55.3 Å². The van der Waals surface area contributed by atoms with E-state index in [0.29, 0.717) is 42.5 Å². The van der Waals surface area contributed by atoms with Gasteiger partial charge in [0.2, 0.25) is 0 Å². The van der Waals surface area contributed by atoms with Crippen molar-refractivity contribution in [3.05, 3.63) is 22.8 Å². The smallest absolute Gasteiger partial charge is 0.317 e. The molecule has 1 atom stereocenters. The van der Waals surface area contributed by atoms with Gasteiger partial charge in [-0.2, -0.15) is 0 Å². The molecule has 6 nitrogen and oxygen atoms in total. The predicted octanol–water partition coefficient (Wildman–Crippen LogP) is 5.01. The Hall–Kier alpha value is -2.11. The Labute approximate surface area is 216 Å². The summed E-state index contributed by atoms with van der Waals surface area (Å²) >= 11 is 0. The molecule has 0 spiro atoms. The average Bonchev–Trinajstić information content (AvgIpc) is 3.06. The Bertz CT molecular complexity index is 959. The standard InChI is InChI=1S/C30H44N4O2/c1-34(2)30(36)32-25-9-8-21-15-24(20-6-4-3-5-7-20)17-31-28(26(21)16-25)29(35)33-27-22-11-18-10-19(13-22)14-23(27)12-18/h15,18-20,22-23,25,27H,3-14,16-17H2,1-2H3,(H,32,36)(H,33,35). The number of hydrogen-bond acceptors (Lipinski definition) is 3. The van der Waals surface area contributed by atoms with E-state index in [9.17, 15) is 9.59 Å². The first-order valence-electron chi connectivity index (χ1n) is 14.7. The minimum Gasteiger partial charge on any atom is -0.347 e. The average molecular weight is 493 g/mol. The van der Waals surface area contributed by atoms with E-state index in [-0.39, 0.29) is 18.0 Å². The highest BCUT2D eigenvalue weighted by Crippen LogP contribution is 2.53. The van der Waals surface area contributed by atoms with E-state index < -0.39 is 0 Å². The Morgan fingerprint density at radius 3 is 2.28 bits per heavy atom. The van der Waals surface area contributed by atoms with Gasteiger partial charge in [0.15, 0.2) is 0 Å². The molecular formula is C30H44N4O2. The molecule has 7 rings (SSSR count). The summed E-state index contributed by atoms with van der Waals surface area (Å²) < 4.78 is 0. The summed E-state index contributed by atoms with van der Waals surface area (Å²) in [6.45, 7) is 0.650. The molecule has 6 heteroatoms. The molecule has 0 aromatic heterocycles. The second-order valence-corrected chi connectivity index (χ2v) is 12.9. The van der Waals surface area contributed by atoms with E-state index in [0.717, 1.165) is 30.3 Å². The van der Waals surface area contributed by atoms with E-state index in [1.165, 1.54) is 75.4 Å². The molecule has 0 aromatic carbocycles. The summed E-state index contributed by atoms with van der Waals surface area (Å²) in [5, 5.41) is 6.71. The zero-order valence-corrected chi connectivity index (χ0v) is 22.2. The lowest BCUT2D eigenvalue weighted by molar-refractivity contribution is -0.118. The van der Waals surface area contributed by atoms with Crippen molar-refractivity contribution in [1.29, 1.82) is 0 Å². The molecule has 1 heterocycles. The fraction of sp³-hybridized carbons (Fsp3) is 0.767. The van der Waals surface area contributed by atoms with Crippen molar-refractivity contribution < 1.29 is 9.59 Å². The maximum atomic E-state index is 13.9. The summed E-state index contributed by atoms with van der Waals surface area (Å²) in [7, 11) is 3.55. The molecule has 196 valence electrons. The van der Waals surface area contributed by atoms with E-state index in [1.807, 2.05) is 0 Å². The molecule has 0 aromatic rings. The van der Waals surface area contributed by atoms with Gasteiger partial charge in [-0.05, 0) is 111 Å². The molecular weight excluding hydrogens is 448 g/mol. The van der Waals surface area contributed by atoms with Gasteiger partial charge >= 0.3 is 6.03 Å². The van der Waals surface area contributed by atoms with Crippen LogP contribution in [0.4, 0.5) is 4.79 Å². The molecule has 6 aliphatic carbocycles. The topological polar surface area (TPSA) is 73.8 Å². The molecule has 4 bridgehead atoms. The van der Waals surface area contributed by atoms with Gasteiger partial charge in [-0.25, -0.2) is 4.79 Å². The Kier molecular flexibility index (Phi) is 6.72. The summed E-state index contributed by atoms with van der Waals surface area (Å²) in [6.07, 6.45) is 18.0. The lowest BCUT2D eigenvalue weighted by atomic mass is 9.54. The van der Waals surface area contributed by atoms with Crippen LogP contribution in [0.25, 0.3) is 0 Å². The molecule has 5 fully saturated rings. The number of hydrogen-bond donors (Lipinski definition) is 2. The minimum absolute atomic E-state index is 0.0397. The molecule has 0 saturated heterocycles. The summed E-state index contributed by atoms with van der Waals surface area (Å²) in [5.74, 6) is 3.74. The van der Waals surface area contributed by atoms with Crippen LogP contribution >= 0.6 is 0 Å². The fourth-order valence-electron chi connectivity index (χ4n) is 8.64. The van der Waals surface area contributed by atoms with Crippen molar-refractivity contribution in [2.24, 2.45) is 34.6 Å². The molecule has 0 radical (unpaired) electrons. The first kappa shape index (κ1) is 24.2. The van der Waals surface area contributed by atoms with E-state index in [1.54, 1.807) is 19.0 Å². The van der Waals surface area contributed by atoms with Crippen LogP contribution in [0, 0.1) is 29.6 Å². The first-order valence-corrected chi connectivity index (χ1v) is 14.7. The van der Waals surface area contributed by atoms with Gasteiger partial charge in [0.1, 0.15) is 5.71 Å². The second-order valence-electron chi connectivity index (χ2n) is 12.9. The molecule has 2 N–H and O–H groups in total. The SMILES string of the molecule is CN(C)C(=O)NC1CCC2=C(C1)C(C(=O)NC1C3CC4CC(C3)CC1C4)=NCC(C1CCCCC1)=C2. The van der Waals surface area contributed by atoms with Crippen molar-refractivity contribution >= 4 is 17.6 Å². The third-order valence-corrected chi connectivity index (χ3v) is 10.3. The normalized spacial score (nSPS) is 35.9. The number of carbonyl (C=O) groups excluding carboxylic acids is 2. The first-order chi connectivity index (χ1) is 17.4. The van der Waals surface area contributed by atoms with Crippen LogP contribution in [0.5, 0.6) is 0 Å². The third kappa shape index (κ3) is 4.77. The molecule has 1 unspecified atom stereocenters. The van der Waals surface area contributed by atoms with Crippen molar-refractivity contribution in [3.63, 3.8) is 0 Å². The highest BCUT2D eigenvalue weighted by atomic mass is 16.2. The fourth-order valence-corrected chi connectivity index (χ4v) is 8.64. The zero-order chi connectivity index (χ0) is 24.8. The zero-order valence-electron chi connectivity index (χ0n) is 22.2. The highest BCUT2D eigenvalue weighted by Gasteiger charge is 2.49. The van der Waals surface area contributed by atoms with Gasteiger partial charge in [0, 0.05) is 26.2 Å². The van der Waals surface area contributed by atoms with Gasteiger partial charge in [-0.1, -0.05) is 25.3 Å². The molecule has 3 amide bonds. The van der Waals surface area contributed by atoms with Crippen LogP contribution in [0.1, 0.15) is 83.5 Å². The summed E-state index contributed by atoms with van der Waals surface area (Å²) in [4.78, 5) is 33.0. The van der Waals surface area contributed by atoms with Crippen molar-refractivity contribution in [2.75, 3.05) is 20.6 Å². The van der Waals surface area contributed by atoms with Crippen LogP contribution < -0.4 is 10.6 Å². The van der Waals surface area contributed by atoms with Crippen molar-refractivity contribution in [3.8, 4) is 0 Å². The van der Waals surface area contributed by atoms with Gasteiger partial charge in [0.25, 0.3) is 5.91 Å². The molecule has 7 aliphatic rings. The van der Waals surface area contributed by atoms with E-state index in [2.05, 4.69) is 16.7 Å². The number of carbonyl (C=O) groups is 2. The van der Waals surface area contributed by atoms with Crippen LogP contribution in [0.15, 0.2) is 27.8 Å².